The average molecular weight is 493 g/mol. The second kappa shape index (κ2) is 10.5. The van der Waals surface area contributed by atoms with Crippen molar-refractivity contribution in [2.75, 3.05) is 19.1 Å². The Labute approximate surface area is 206 Å². The van der Waals surface area contributed by atoms with E-state index in [1.807, 2.05) is 43.3 Å². The third-order valence-corrected chi connectivity index (χ3v) is 5.76. The van der Waals surface area contributed by atoms with E-state index >= 15 is 0 Å². The molecule has 0 aliphatic rings. The molecular weight excluding hydrogens is 464 g/mol. The van der Waals surface area contributed by atoms with E-state index in [1.54, 1.807) is 25.5 Å². The number of hydrogen-bond donors (Lipinski definition) is 2. The van der Waals surface area contributed by atoms with Crippen molar-refractivity contribution in [3.8, 4) is 11.5 Å². The highest BCUT2D eigenvalue weighted by atomic mass is 16.5. The Kier molecular flexibility index (Phi) is 7.20. The van der Waals surface area contributed by atoms with E-state index in [9.17, 15) is 14.7 Å². The lowest BCUT2D eigenvalue weighted by Crippen LogP contribution is -2.38. The minimum atomic E-state index is -0.977. The summed E-state index contributed by atoms with van der Waals surface area (Å²) < 4.78 is 14.7. The van der Waals surface area contributed by atoms with Gasteiger partial charge in [0.15, 0.2) is 11.2 Å². The van der Waals surface area contributed by atoms with Crippen LogP contribution in [0, 0.1) is 6.92 Å². The Morgan fingerprint density at radius 1 is 1.11 bits per heavy atom. The topological polar surface area (TPSA) is 125 Å². The van der Waals surface area contributed by atoms with E-state index in [-0.39, 0.29) is 30.3 Å². The molecule has 2 heterocycles. The van der Waals surface area contributed by atoms with Gasteiger partial charge in [-0.3, -0.25) is 13.9 Å². The van der Waals surface area contributed by atoms with Crippen molar-refractivity contribution in [2.45, 2.75) is 19.6 Å². The van der Waals surface area contributed by atoms with Gasteiger partial charge >= 0.3 is 5.69 Å². The zero-order chi connectivity index (χ0) is 25.8. The molecule has 0 bridgehead atoms. The molecule has 11 heteroatoms. The van der Waals surface area contributed by atoms with Gasteiger partial charge in [-0.15, -0.1) is 0 Å². The Morgan fingerprint density at radius 2 is 1.83 bits per heavy atom. The van der Waals surface area contributed by atoms with Crippen LogP contribution in [-0.2, 0) is 20.6 Å². The van der Waals surface area contributed by atoms with Crippen LogP contribution in [-0.4, -0.2) is 49.8 Å². The molecule has 0 aliphatic heterocycles. The zero-order valence-corrected chi connectivity index (χ0v) is 20.5. The van der Waals surface area contributed by atoms with E-state index in [4.69, 9.17) is 9.47 Å². The summed E-state index contributed by atoms with van der Waals surface area (Å²) in [6.07, 6.45) is 0.605. The molecule has 0 saturated heterocycles. The molecule has 2 aromatic carbocycles. The van der Waals surface area contributed by atoms with Crippen LogP contribution in [0.15, 0.2) is 63.2 Å². The van der Waals surface area contributed by atoms with Gasteiger partial charge in [-0.05, 0) is 48.4 Å². The molecule has 0 radical (unpaired) electrons. The van der Waals surface area contributed by atoms with E-state index in [2.05, 4.69) is 15.5 Å². The molecule has 0 aliphatic carbocycles. The van der Waals surface area contributed by atoms with Crippen LogP contribution in [0.5, 0.6) is 11.5 Å². The number of ether oxygens (including phenoxy) is 2. The van der Waals surface area contributed by atoms with Gasteiger partial charge in [0.25, 0.3) is 5.56 Å². The first-order valence-corrected chi connectivity index (χ1v) is 11.3. The van der Waals surface area contributed by atoms with Crippen LogP contribution in [0.3, 0.4) is 0 Å². The number of rotatable bonds is 9. The highest BCUT2D eigenvalue weighted by Gasteiger charge is 2.21. The highest BCUT2D eigenvalue weighted by molar-refractivity contribution is 5.80. The Bertz CT molecular complexity index is 1520. The first kappa shape index (κ1) is 24.7. The van der Waals surface area contributed by atoms with Gasteiger partial charge in [0.2, 0.25) is 5.95 Å². The molecule has 11 nitrogen and oxygen atoms in total. The second-order valence-electron chi connectivity index (χ2n) is 8.30. The molecule has 4 rings (SSSR count). The minimum absolute atomic E-state index is 0.00877. The van der Waals surface area contributed by atoms with E-state index < -0.39 is 17.4 Å². The quantitative estimate of drug-likeness (QED) is 0.269. The van der Waals surface area contributed by atoms with Gasteiger partial charge in [-0.25, -0.2) is 10.2 Å². The van der Waals surface area contributed by atoms with Gasteiger partial charge in [0.1, 0.15) is 24.2 Å². The van der Waals surface area contributed by atoms with Crippen LogP contribution in [0.4, 0.5) is 5.95 Å². The third kappa shape index (κ3) is 5.01. The number of imidazole rings is 1. The number of fused-ring (bicyclic) bond motifs is 1. The summed E-state index contributed by atoms with van der Waals surface area (Å²) >= 11 is 0. The monoisotopic (exact) mass is 492 g/mol. The van der Waals surface area contributed by atoms with Crippen molar-refractivity contribution in [3.05, 3.63) is 80.5 Å². The maximum Gasteiger partial charge on any atom is 0.332 e. The number of nitrogens with zero attached hydrogens (tertiary/aromatic N) is 5. The van der Waals surface area contributed by atoms with Crippen LogP contribution in [0.25, 0.3) is 11.2 Å². The van der Waals surface area contributed by atoms with Gasteiger partial charge in [-0.2, -0.15) is 10.1 Å². The lowest BCUT2D eigenvalue weighted by Gasteiger charge is -2.16. The number of methoxy groups -OCH3 is 1. The number of nitrogens with one attached hydrogen (secondary N) is 1. The summed E-state index contributed by atoms with van der Waals surface area (Å²) in [6.45, 7) is 1.89. The summed E-state index contributed by atoms with van der Waals surface area (Å²) in [6, 6.07) is 14.8. The maximum atomic E-state index is 13.0. The fraction of sp³-hybridized carbons (Fsp3) is 0.280. The van der Waals surface area contributed by atoms with Gasteiger partial charge in [0.05, 0.1) is 19.9 Å². The molecule has 1 atom stereocenters. The summed E-state index contributed by atoms with van der Waals surface area (Å²) in [4.78, 5) is 29.9. The van der Waals surface area contributed by atoms with Crippen LogP contribution in [0.2, 0.25) is 0 Å². The lowest BCUT2D eigenvalue weighted by molar-refractivity contribution is 0.0935. The number of anilines is 1. The van der Waals surface area contributed by atoms with Crippen LogP contribution < -0.4 is 26.1 Å². The first-order chi connectivity index (χ1) is 17.3. The molecule has 0 amide bonds. The molecular formula is C25H28N6O5. The average Bonchev–Trinajstić information content (AvgIpc) is 3.24. The van der Waals surface area contributed by atoms with Crippen molar-refractivity contribution in [1.82, 2.24) is 18.7 Å². The number of hydrogen-bond acceptors (Lipinski definition) is 8. The van der Waals surface area contributed by atoms with Crippen LogP contribution in [0.1, 0.15) is 11.1 Å². The first-order valence-electron chi connectivity index (χ1n) is 11.3. The smallest absolute Gasteiger partial charge is 0.332 e. The number of hydrazone groups is 1. The molecule has 0 fully saturated rings. The predicted octanol–water partition coefficient (Wildman–Crippen LogP) is 1.64. The fourth-order valence-electron chi connectivity index (χ4n) is 3.73. The molecule has 0 saturated carbocycles. The largest absolute Gasteiger partial charge is 0.497 e. The molecule has 4 aromatic rings. The SMILES string of the molecule is COc1ccc(/C=N/Nc2nc3c(c(=O)n(C)c(=O)n3C)n2C[C@H](O)COc2ccccc2C)cc1. The Balaban J connectivity index is 1.64. The van der Waals surface area contributed by atoms with E-state index in [1.165, 1.54) is 23.2 Å². The number of aryl methyl sites for hydroxylation is 2. The molecule has 2 aromatic heterocycles. The van der Waals surface area contributed by atoms with Crippen molar-refractivity contribution < 1.29 is 14.6 Å². The number of aliphatic hydroxyl groups excluding tert-OH is 1. The summed E-state index contributed by atoms with van der Waals surface area (Å²) in [5.74, 6) is 1.58. The molecule has 0 unspecified atom stereocenters. The zero-order valence-electron chi connectivity index (χ0n) is 20.5. The highest BCUT2D eigenvalue weighted by Crippen LogP contribution is 2.19. The van der Waals surface area contributed by atoms with Gasteiger partial charge in [-0.1, -0.05) is 18.2 Å². The fourth-order valence-corrected chi connectivity index (χ4v) is 3.73. The molecule has 188 valence electrons. The number of para-hydroxylation sites is 1. The molecule has 0 spiro atoms. The molecule has 36 heavy (non-hydrogen) atoms. The lowest BCUT2D eigenvalue weighted by atomic mass is 10.2. The minimum Gasteiger partial charge on any atom is -0.497 e. The van der Waals surface area contributed by atoms with Crippen molar-refractivity contribution in [2.24, 2.45) is 19.2 Å². The summed E-state index contributed by atoms with van der Waals surface area (Å²) in [7, 11) is 4.52. The summed E-state index contributed by atoms with van der Waals surface area (Å²) in [5.41, 5.74) is 3.89. The number of benzene rings is 2. The summed E-state index contributed by atoms with van der Waals surface area (Å²) in [5, 5.41) is 15.0. The second-order valence-corrected chi connectivity index (χ2v) is 8.30. The van der Waals surface area contributed by atoms with Crippen molar-refractivity contribution in [1.29, 1.82) is 0 Å². The predicted molar refractivity (Wildman–Crippen MR) is 137 cm³/mol. The van der Waals surface area contributed by atoms with Crippen LogP contribution >= 0.6 is 0 Å². The van der Waals surface area contributed by atoms with E-state index in [0.717, 1.165) is 21.4 Å². The van der Waals surface area contributed by atoms with Gasteiger partial charge < -0.3 is 19.1 Å². The van der Waals surface area contributed by atoms with Crippen molar-refractivity contribution >= 4 is 23.3 Å². The Hall–Kier alpha value is -4.38. The third-order valence-electron chi connectivity index (χ3n) is 5.76. The number of aromatic nitrogens is 4. The number of aliphatic hydroxyl groups is 1. The van der Waals surface area contributed by atoms with Gasteiger partial charge in [0, 0.05) is 14.1 Å². The standard InChI is InChI=1S/C25H28N6O5/c1-16-7-5-6-8-20(16)36-15-18(32)14-31-21-22(29(2)25(34)30(3)23(21)33)27-24(31)28-26-13-17-9-11-19(35-4)12-10-17/h5-13,18,32H,14-15H2,1-4H3,(H,27,28)/b26-13+/t18-/m0/s1. The molecule has 2 N–H and O–H groups in total. The normalized spacial score (nSPS) is 12.2. The Morgan fingerprint density at radius 3 is 2.53 bits per heavy atom. The van der Waals surface area contributed by atoms with E-state index in [0.29, 0.717) is 5.75 Å². The van der Waals surface area contributed by atoms with Crippen molar-refractivity contribution in [3.63, 3.8) is 0 Å². The maximum absolute atomic E-state index is 13.0.